The molecule has 6 nitrogen and oxygen atoms in total. The van der Waals surface area contributed by atoms with Crippen molar-refractivity contribution in [2.75, 3.05) is 13.2 Å². The highest BCUT2D eigenvalue weighted by atomic mass is 16.6. The van der Waals surface area contributed by atoms with Gasteiger partial charge in [-0.1, -0.05) is 292 Å². The third-order valence-corrected chi connectivity index (χ3v) is 13.6. The van der Waals surface area contributed by atoms with Gasteiger partial charge in [-0.15, -0.1) is 0 Å². The van der Waals surface area contributed by atoms with Crippen LogP contribution in [0.5, 0.6) is 0 Å². The zero-order valence-electron chi connectivity index (χ0n) is 45.5. The maximum atomic E-state index is 12.9. The summed E-state index contributed by atoms with van der Waals surface area (Å²) < 4.78 is 16.9. The number of carbonyl (C=O) groups excluding carboxylic acids is 3. The Balaban J connectivity index is 4.27. The van der Waals surface area contributed by atoms with Crippen LogP contribution in [0.2, 0.25) is 0 Å². The van der Waals surface area contributed by atoms with Crippen molar-refractivity contribution in [2.24, 2.45) is 17.8 Å². The Kier molecular flexibility index (Phi) is 50.0. The van der Waals surface area contributed by atoms with Crippen LogP contribution in [0.1, 0.15) is 330 Å². The first-order chi connectivity index (χ1) is 32.1. The molecule has 6 heteroatoms. The van der Waals surface area contributed by atoms with E-state index in [9.17, 15) is 14.4 Å². The van der Waals surface area contributed by atoms with E-state index in [1.54, 1.807) is 0 Å². The minimum atomic E-state index is -0.764. The summed E-state index contributed by atoms with van der Waals surface area (Å²) in [5, 5.41) is 0. The van der Waals surface area contributed by atoms with Gasteiger partial charge < -0.3 is 14.2 Å². The van der Waals surface area contributed by atoms with Crippen molar-refractivity contribution in [1.82, 2.24) is 0 Å². The normalized spacial score (nSPS) is 12.1. The third-order valence-electron chi connectivity index (χ3n) is 13.6. The zero-order chi connectivity index (χ0) is 48.4. The highest BCUT2D eigenvalue weighted by molar-refractivity contribution is 5.71. The molecule has 66 heavy (non-hydrogen) atoms. The van der Waals surface area contributed by atoms with Crippen LogP contribution in [0.4, 0.5) is 0 Å². The lowest BCUT2D eigenvalue weighted by Gasteiger charge is -2.18. The van der Waals surface area contributed by atoms with E-state index in [2.05, 4.69) is 41.5 Å². The van der Waals surface area contributed by atoms with Gasteiger partial charge in [-0.25, -0.2) is 0 Å². The predicted octanol–water partition coefficient (Wildman–Crippen LogP) is 19.5. The summed E-state index contributed by atoms with van der Waals surface area (Å²) in [6, 6.07) is 0. The molecule has 0 amide bonds. The Hall–Kier alpha value is -1.59. The first-order valence-electron chi connectivity index (χ1n) is 29.6. The molecule has 0 heterocycles. The second kappa shape index (κ2) is 51.3. The van der Waals surface area contributed by atoms with Crippen molar-refractivity contribution in [1.29, 1.82) is 0 Å². The van der Waals surface area contributed by atoms with Crippen LogP contribution in [0, 0.1) is 17.8 Å². The predicted molar refractivity (Wildman–Crippen MR) is 284 cm³/mol. The number of unbranched alkanes of at least 4 members (excludes halogenated alkanes) is 36. The van der Waals surface area contributed by atoms with E-state index >= 15 is 0 Å². The Morgan fingerprint density at radius 1 is 0.258 bits per heavy atom. The van der Waals surface area contributed by atoms with Crippen LogP contribution >= 0.6 is 0 Å². The van der Waals surface area contributed by atoms with Crippen LogP contribution in [0.3, 0.4) is 0 Å². The summed E-state index contributed by atoms with van der Waals surface area (Å²) in [5.41, 5.74) is 0. The Labute approximate surface area is 412 Å². The molecular weight excluding hydrogens is 817 g/mol. The van der Waals surface area contributed by atoms with Gasteiger partial charge in [-0.2, -0.15) is 0 Å². The van der Waals surface area contributed by atoms with Gasteiger partial charge in [-0.3, -0.25) is 14.4 Å². The fraction of sp³-hybridized carbons (Fsp3) is 0.950. The Morgan fingerprint density at radius 2 is 0.439 bits per heavy atom. The van der Waals surface area contributed by atoms with Crippen molar-refractivity contribution in [3.8, 4) is 0 Å². The third kappa shape index (κ3) is 53.4. The van der Waals surface area contributed by atoms with Crippen molar-refractivity contribution in [3.63, 3.8) is 0 Å². The molecule has 0 N–H and O–H groups in total. The van der Waals surface area contributed by atoms with Crippen LogP contribution < -0.4 is 0 Å². The number of hydrogen-bond donors (Lipinski definition) is 0. The monoisotopic (exact) mass is 933 g/mol. The van der Waals surface area contributed by atoms with Crippen molar-refractivity contribution < 1.29 is 28.6 Å². The van der Waals surface area contributed by atoms with E-state index in [4.69, 9.17) is 14.2 Å². The molecule has 0 saturated carbocycles. The molecular formula is C60H116O6. The molecule has 0 bridgehead atoms. The molecule has 0 spiro atoms. The Morgan fingerprint density at radius 3 is 0.652 bits per heavy atom. The van der Waals surface area contributed by atoms with Crippen LogP contribution in [0.25, 0.3) is 0 Å². The van der Waals surface area contributed by atoms with Gasteiger partial charge in [0.2, 0.25) is 0 Å². The summed E-state index contributed by atoms with van der Waals surface area (Å²) in [6.45, 7) is 13.8. The number of ether oxygens (including phenoxy) is 3. The second-order valence-electron chi connectivity index (χ2n) is 22.1. The standard InChI is InChI=1S/C60H116O6/c1-54(2)46-40-34-28-22-17-13-9-7-8-10-16-20-26-33-39-45-51-60(63)66-57(53-65-59(62)50-44-38-32-27-21-24-30-36-42-48-56(5)6)52-64-58(61)49-43-37-31-25-19-15-12-11-14-18-23-29-35-41-47-55(3)4/h54-57H,7-53H2,1-6H3/t57-/m1/s1. The van der Waals surface area contributed by atoms with Crippen LogP contribution in [0.15, 0.2) is 0 Å². The maximum Gasteiger partial charge on any atom is 0.306 e. The molecule has 1 atom stereocenters. The Bertz CT molecular complexity index is 1020. The molecule has 392 valence electrons. The largest absolute Gasteiger partial charge is 0.462 e. The summed E-state index contributed by atoms with van der Waals surface area (Å²) >= 11 is 0. The average molecular weight is 934 g/mol. The molecule has 0 aromatic rings. The van der Waals surface area contributed by atoms with E-state index in [1.807, 2.05) is 0 Å². The van der Waals surface area contributed by atoms with Gasteiger partial charge >= 0.3 is 17.9 Å². The summed E-state index contributed by atoms with van der Waals surface area (Å²) in [7, 11) is 0. The van der Waals surface area contributed by atoms with Gasteiger partial charge in [0.05, 0.1) is 0 Å². The van der Waals surface area contributed by atoms with Crippen molar-refractivity contribution in [2.45, 2.75) is 337 Å². The van der Waals surface area contributed by atoms with E-state index in [0.29, 0.717) is 19.3 Å². The topological polar surface area (TPSA) is 78.9 Å². The van der Waals surface area contributed by atoms with Gasteiger partial charge in [0, 0.05) is 19.3 Å². The quantitative estimate of drug-likeness (QED) is 0.0343. The van der Waals surface area contributed by atoms with E-state index in [0.717, 1.165) is 75.5 Å². The molecule has 0 aliphatic heterocycles. The first kappa shape index (κ1) is 64.4. The molecule has 0 aliphatic carbocycles. The molecule has 0 aromatic heterocycles. The lowest BCUT2D eigenvalue weighted by molar-refractivity contribution is -0.167. The number of hydrogen-bond acceptors (Lipinski definition) is 6. The average Bonchev–Trinajstić information content (AvgIpc) is 3.28. The molecule has 0 unspecified atom stereocenters. The van der Waals surface area contributed by atoms with Crippen LogP contribution in [-0.2, 0) is 28.6 Å². The lowest BCUT2D eigenvalue weighted by Crippen LogP contribution is -2.30. The maximum absolute atomic E-state index is 12.9. The molecule has 0 radical (unpaired) electrons. The van der Waals surface area contributed by atoms with E-state index in [1.165, 1.54) is 212 Å². The van der Waals surface area contributed by atoms with E-state index in [-0.39, 0.29) is 31.1 Å². The molecule has 0 fully saturated rings. The molecule has 0 rings (SSSR count). The molecule has 0 aliphatic rings. The molecule has 0 saturated heterocycles. The van der Waals surface area contributed by atoms with Gasteiger partial charge in [0.25, 0.3) is 0 Å². The van der Waals surface area contributed by atoms with Crippen molar-refractivity contribution >= 4 is 17.9 Å². The first-order valence-corrected chi connectivity index (χ1v) is 29.6. The summed E-state index contributed by atoms with van der Waals surface area (Å²) in [4.78, 5) is 38.2. The fourth-order valence-electron chi connectivity index (χ4n) is 9.18. The highest BCUT2D eigenvalue weighted by Gasteiger charge is 2.19. The van der Waals surface area contributed by atoms with Gasteiger partial charge in [0.15, 0.2) is 6.10 Å². The smallest absolute Gasteiger partial charge is 0.306 e. The van der Waals surface area contributed by atoms with Gasteiger partial charge in [-0.05, 0) is 37.0 Å². The SMILES string of the molecule is CC(C)CCCCCCCCCCCCCCCCCCC(=O)O[C@H](COC(=O)CCCCCCCCCCCCCCCCC(C)C)COC(=O)CCCCCCCCCCCC(C)C. The fourth-order valence-corrected chi connectivity index (χ4v) is 9.18. The van der Waals surface area contributed by atoms with Crippen molar-refractivity contribution in [3.05, 3.63) is 0 Å². The number of esters is 3. The number of carbonyl (C=O) groups is 3. The summed E-state index contributed by atoms with van der Waals surface area (Å²) in [5.74, 6) is 1.66. The van der Waals surface area contributed by atoms with Gasteiger partial charge in [0.1, 0.15) is 13.2 Å². The van der Waals surface area contributed by atoms with Crippen LogP contribution in [-0.4, -0.2) is 37.2 Å². The minimum Gasteiger partial charge on any atom is -0.462 e. The number of rotatable bonds is 53. The zero-order valence-corrected chi connectivity index (χ0v) is 45.5. The summed E-state index contributed by atoms with van der Waals surface area (Å²) in [6.07, 6.45) is 53.9. The lowest BCUT2D eigenvalue weighted by atomic mass is 10.0. The highest BCUT2D eigenvalue weighted by Crippen LogP contribution is 2.19. The molecule has 0 aromatic carbocycles. The minimum absolute atomic E-state index is 0.0635. The van der Waals surface area contributed by atoms with E-state index < -0.39 is 6.10 Å². The second-order valence-corrected chi connectivity index (χ2v) is 22.1.